The van der Waals surface area contributed by atoms with Gasteiger partial charge in [-0.3, -0.25) is 4.79 Å². The number of hydrogen-bond acceptors (Lipinski definition) is 3. The van der Waals surface area contributed by atoms with E-state index in [9.17, 15) is 4.79 Å². The molecular formula is C18H22N2OS. The van der Waals surface area contributed by atoms with Crippen LogP contribution in [0.1, 0.15) is 23.8 Å². The van der Waals surface area contributed by atoms with Crippen molar-refractivity contribution in [1.82, 2.24) is 5.32 Å². The number of amides is 1. The molecule has 0 aliphatic carbocycles. The molecule has 4 heteroatoms. The van der Waals surface area contributed by atoms with Gasteiger partial charge >= 0.3 is 0 Å². The number of para-hydroxylation sites is 1. The van der Waals surface area contributed by atoms with Crippen molar-refractivity contribution in [3.05, 3.63) is 52.2 Å². The van der Waals surface area contributed by atoms with Crippen molar-refractivity contribution >= 4 is 22.9 Å². The van der Waals surface area contributed by atoms with Crippen LogP contribution in [0.4, 0.5) is 5.69 Å². The second-order valence-corrected chi connectivity index (χ2v) is 6.87. The number of thiophene rings is 1. The molecule has 116 valence electrons. The van der Waals surface area contributed by atoms with Gasteiger partial charge in [-0.05, 0) is 42.8 Å². The number of fused-ring (bicyclic) bond motifs is 1. The number of anilines is 1. The Morgan fingerprint density at radius 3 is 3.00 bits per heavy atom. The first kappa shape index (κ1) is 15.1. The molecule has 3 rings (SSSR count). The zero-order valence-corrected chi connectivity index (χ0v) is 13.7. The maximum Gasteiger partial charge on any atom is 0.225 e. The number of nitrogens with one attached hydrogen (secondary N) is 1. The fourth-order valence-electron chi connectivity index (χ4n) is 3.08. The fourth-order valence-corrected chi connectivity index (χ4v) is 3.78. The summed E-state index contributed by atoms with van der Waals surface area (Å²) in [6, 6.07) is 13.2. The zero-order chi connectivity index (χ0) is 15.4. The van der Waals surface area contributed by atoms with Crippen molar-refractivity contribution in [2.24, 2.45) is 0 Å². The summed E-state index contributed by atoms with van der Waals surface area (Å²) in [7, 11) is 0. The van der Waals surface area contributed by atoms with Crippen LogP contribution in [-0.4, -0.2) is 25.0 Å². The van der Waals surface area contributed by atoms with Crippen molar-refractivity contribution in [2.45, 2.75) is 32.2 Å². The Morgan fingerprint density at radius 1 is 1.32 bits per heavy atom. The summed E-state index contributed by atoms with van der Waals surface area (Å²) in [6.45, 7) is 4.02. The van der Waals surface area contributed by atoms with Crippen LogP contribution >= 0.6 is 11.3 Å². The molecule has 1 aliphatic heterocycles. The smallest absolute Gasteiger partial charge is 0.225 e. The molecule has 2 heterocycles. The third-order valence-electron chi connectivity index (χ3n) is 4.16. The van der Waals surface area contributed by atoms with Crippen LogP contribution in [-0.2, 0) is 17.6 Å². The van der Waals surface area contributed by atoms with Crippen molar-refractivity contribution in [3.8, 4) is 0 Å². The SMILES string of the molecule is C[C@@H]1Cc2ccccc2N1CCCNC(=O)Cc1cccs1. The molecule has 1 atom stereocenters. The van der Waals surface area contributed by atoms with Gasteiger partial charge in [0.2, 0.25) is 5.91 Å². The highest BCUT2D eigenvalue weighted by atomic mass is 32.1. The van der Waals surface area contributed by atoms with E-state index in [1.165, 1.54) is 11.3 Å². The van der Waals surface area contributed by atoms with E-state index in [2.05, 4.69) is 41.4 Å². The lowest BCUT2D eigenvalue weighted by molar-refractivity contribution is -0.120. The average molecular weight is 314 g/mol. The lowest BCUT2D eigenvalue weighted by Crippen LogP contribution is -2.33. The summed E-state index contributed by atoms with van der Waals surface area (Å²) in [4.78, 5) is 15.4. The standard InChI is InChI=1S/C18H22N2OS/c1-14-12-15-6-2-3-8-17(15)20(14)10-5-9-19-18(21)13-16-7-4-11-22-16/h2-4,6-8,11,14H,5,9-10,12-13H2,1H3,(H,19,21)/t14-/m1/s1. The molecule has 0 saturated heterocycles. The van der Waals surface area contributed by atoms with Gasteiger partial charge in [-0.2, -0.15) is 0 Å². The Labute approximate surface area is 136 Å². The van der Waals surface area contributed by atoms with E-state index in [0.29, 0.717) is 12.5 Å². The van der Waals surface area contributed by atoms with E-state index < -0.39 is 0 Å². The predicted molar refractivity (Wildman–Crippen MR) is 92.6 cm³/mol. The van der Waals surface area contributed by atoms with Gasteiger partial charge in [-0.25, -0.2) is 0 Å². The maximum absolute atomic E-state index is 11.9. The van der Waals surface area contributed by atoms with E-state index in [4.69, 9.17) is 0 Å². The van der Waals surface area contributed by atoms with Gasteiger partial charge in [-0.15, -0.1) is 11.3 Å². The van der Waals surface area contributed by atoms with Gasteiger partial charge in [0, 0.05) is 29.7 Å². The number of carbonyl (C=O) groups excluding carboxylic acids is 1. The average Bonchev–Trinajstić information content (AvgIpc) is 3.11. The lowest BCUT2D eigenvalue weighted by Gasteiger charge is -2.24. The molecule has 1 aromatic carbocycles. The Morgan fingerprint density at radius 2 is 2.18 bits per heavy atom. The summed E-state index contributed by atoms with van der Waals surface area (Å²) < 4.78 is 0. The van der Waals surface area contributed by atoms with Gasteiger partial charge in [0.1, 0.15) is 0 Å². The fraction of sp³-hybridized carbons (Fsp3) is 0.389. The van der Waals surface area contributed by atoms with E-state index >= 15 is 0 Å². The molecule has 0 radical (unpaired) electrons. The van der Waals surface area contributed by atoms with Crippen molar-refractivity contribution in [1.29, 1.82) is 0 Å². The number of carbonyl (C=O) groups is 1. The van der Waals surface area contributed by atoms with Crippen molar-refractivity contribution in [3.63, 3.8) is 0 Å². The third kappa shape index (κ3) is 3.50. The second kappa shape index (κ2) is 6.97. The highest BCUT2D eigenvalue weighted by Gasteiger charge is 2.24. The summed E-state index contributed by atoms with van der Waals surface area (Å²) in [6.07, 6.45) is 2.61. The molecule has 0 unspecified atom stereocenters. The highest BCUT2D eigenvalue weighted by molar-refractivity contribution is 7.10. The van der Waals surface area contributed by atoms with Crippen LogP contribution in [0.5, 0.6) is 0 Å². The monoisotopic (exact) mass is 314 g/mol. The quantitative estimate of drug-likeness (QED) is 0.830. The Bertz CT molecular complexity index is 624. The van der Waals surface area contributed by atoms with Crippen LogP contribution in [0.2, 0.25) is 0 Å². The molecule has 1 aliphatic rings. The number of hydrogen-bond donors (Lipinski definition) is 1. The van der Waals surface area contributed by atoms with Gasteiger partial charge in [-0.1, -0.05) is 24.3 Å². The molecule has 22 heavy (non-hydrogen) atoms. The first-order valence-corrected chi connectivity index (χ1v) is 8.75. The van der Waals surface area contributed by atoms with E-state index in [1.807, 2.05) is 17.5 Å². The maximum atomic E-state index is 11.9. The van der Waals surface area contributed by atoms with Crippen molar-refractivity contribution in [2.75, 3.05) is 18.0 Å². The molecule has 0 saturated carbocycles. The van der Waals surface area contributed by atoms with E-state index in [-0.39, 0.29) is 5.91 Å². The largest absolute Gasteiger partial charge is 0.368 e. The molecule has 1 aromatic heterocycles. The zero-order valence-electron chi connectivity index (χ0n) is 12.9. The topological polar surface area (TPSA) is 32.3 Å². The molecule has 2 aromatic rings. The van der Waals surface area contributed by atoms with Gasteiger partial charge in [0.05, 0.1) is 6.42 Å². The summed E-state index contributed by atoms with van der Waals surface area (Å²) in [5.74, 6) is 0.123. The molecule has 3 nitrogen and oxygen atoms in total. The predicted octanol–water partition coefficient (Wildman–Crippen LogP) is 3.25. The number of benzene rings is 1. The summed E-state index contributed by atoms with van der Waals surface area (Å²) in [5.41, 5.74) is 2.80. The highest BCUT2D eigenvalue weighted by Crippen LogP contribution is 2.31. The molecule has 0 bridgehead atoms. The molecule has 0 fully saturated rings. The third-order valence-corrected chi connectivity index (χ3v) is 5.04. The van der Waals surface area contributed by atoms with Gasteiger partial charge < -0.3 is 10.2 Å². The Hall–Kier alpha value is -1.81. The summed E-state index contributed by atoms with van der Waals surface area (Å²) in [5, 5.41) is 5.03. The van der Waals surface area contributed by atoms with Crippen molar-refractivity contribution < 1.29 is 4.79 Å². The minimum Gasteiger partial charge on any atom is -0.368 e. The minimum absolute atomic E-state index is 0.123. The lowest BCUT2D eigenvalue weighted by atomic mass is 10.1. The van der Waals surface area contributed by atoms with E-state index in [0.717, 1.165) is 30.8 Å². The van der Waals surface area contributed by atoms with Gasteiger partial charge in [0.25, 0.3) is 0 Å². The van der Waals surface area contributed by atoms with Gasteiger partial charge in [0.15, 0.2) is 0 Å². The molecule has 1 amide bonds. The molecule has 1 N–H and O–H groups in total. The Balaban J connectivity index is 1.43. The van der Waals surface area contributed by atoms with Crippen LogP contribution in [0, 0.1) is 0 Å². The number of nitrogens with zero attached hydrogens (tertiary/aromatic N) is 1. The molecular weight excluding hydrogens is 292 g/mol. The first-order valence-electron chi connectivity index (χ1n) is 7.87. The second-order valence-electron chi connectivity index (χ2n) is 5.83. The minimum atomic E-state index is 0.123. The van der Waals surface area contributed by atoms with Crippen LogP contribution in [0.15, 0.2) is 41.8 Å². The number of rotatable bonds is 6. The normalized spacial score (nSPS) is 16.6. The van der Waals surface area contributed by atoms with Crippen LogP contribution in [0.25, 0.3) is 0 Å². The van der Waals surface area contributed by atoms with Crippen LogP contribution < -0.4 is 10.2 Å². The molecule has 0 spiro atoms. The summed E-state index contributed by atoms with van der Waals surface area (Å²) >= 11 is 1.63. The van der Waals surface area contributed by atoms with E-state index in [1.54, 1.807) is 11.3 Å². The first-order chi connectivity index (χ1) is 10.7. The van der Waals surface area contributed by atoms with Crippen LogP contribution in [0.3, 0.4) is 0 Å². The Kier molecular flexibility index (Phi) is 4.78.